The van der Waals surface area contributed by atoms with Crippen molar-refractivity contribution in [3.05, 3.63) is 88.4 Å². The fourth-order valence-corrected chi connectivity index (χ4v) is 5.14. The lowest BCUT2D eigenvalue weighted by atomic mass is 10.1. The van der Waals surface area contributed by atoms with Crippen LogP contribution in [0.2, 0.25) is 5.02 Å². The van der Waals surface area contributed by atoms with Gasteiger partial charge in [-0.25, -0.2) is 8.42 Å². The van der Waals surface area contributed by atoms with Crippen molar-refractivity contribution < 1.29 is 26.4 Å². The van der Waals surface area contributed by atoms with Crippen LogP contribution in [0.4, 0.5) is 24.5 Å². The lowest BCUT2D eigenvalue weighted by Crippen LogP contribution is -2.16. The molecule has 0 radical (unpaired) electrons. The van der Waals surface area contributed by atoms with E-state index in [1.807, 2.05) is 31.2 Å². The minimum atomic E-state index is -4.73. The Morgan fingerprint density at radius 2 is 1.65 bits per heavy atom. The number of anilines is 2. The molecule has 1 amide bonds. The highest BCUT2D eigenvalue weighted by atomic mass is 35.5. The minimum absolute atomic E-state index is 0.178. The number of alkyl halides is 3. The fraction of sp³-hybridized carbons (Fsp3) is 0.174. The number of benzene rings is 3. The van der Waals surface area contributed by atoms with Gasteiger partial charge in [0, 0.05) is 17.1 Å². The molecular formula is C23H20ClF3N2O3S2. The Kier molecular flexibility index (Phi) is 8.17. The average molecular weight is 529 g/mol. The van der Waals surface area contributed by atoms with Crippen molar-refractivity contribution in [1.82, 2.24) is 0 Å². The third-order valence-electron chi connectivity index (χ3n) is 4.72. The highest BCUT2D eigenvalue weighted by molar-refractivity contribution is 7.99. The van der Waals surface area contributed by atoms with E-state index in [4.69, 9.17) is 11.6 Å². The monoisotopic (exact) mass is 528 g/mol. The molecule has 0 heterocycles. The summed E-state index contributed by atoms with van der Waals surface area (Å²) in [5.74, 6) is 0.658. The zero-order chi connectivity index (χ0) is 24.9. The smallest absolute Gasteiger partial charge is 0.325 e. The molecule has 0 aromatic heterocycles. The van der Waals surface area contributed by atoms with E-state index < -0.39 is 26.8 Å². The van der Waals surface area contributed by atoms with Crippen molar-refractivity contribution in [2.45, 2.75) is 23.7 Å². The summed E-state index contributed by atoms with van der Waals surface area (Å²) in [6.45, 7) is 2.00. The van der Waals surface area contributed by atoms with E-state index in [1.165, 1.54) is 36.0 Å². The quantitative estimate of drug-likeness (QED) is 0.358. The van der Waals surface area contributed by atoms with Gasteiger partial charge in [0.2, 0.25) is 5.91 Å². The number of amides is 1. The Bertz CT molecular complexity index is 1280. The largest absolute Gasteiger partial charge is 0.417 e. The van der Waals surface area contributed by atoms with Gasteiger partial charge in [-0.2, -0.15) is 13.2 Å². The molecule has 0 aliphatic carbocycles. The van der Waals surface area contributed by atoms with Crippen LogP contribution >= 0.6 is 23.4 Å². The third-order valence-corrected chi connectivity index (χ3v) is 7.43. The van der Waals surface area contributed by atoms with E-state index in [9.17, 15) is 26.4 Å². The van der Waals surface area contributed by atoms with Crippen LogP contribution in [0.3, 0.4) is 0 Å². The van der Waals surface area contributed by atoms with Crippen LogP contribution in [-0.4, -0.2) is 20.1 Å². The summed E-state index contributed by atoms with van der Waals surface area (Å²) in [6, 6.07) is 15.9. The number of sulfonamides is 1. The number of aryl methyl sites for hydroxylation is 1. The average Bonchev–Trinajstić information content (AvgIpc) is 2.76. The number of hydrogen-bond donors (Lipinski definition) is 2. The van der Waals surface area contributed by atoms with Gasteiger partial charge < -0.3 is 5.32 Å². The zero-order valence-electron chi connectivity index (χ0n) is 17.8. The SMILES string of the molecule is Cc1ccccc1CSCC(=O)Nc1ccc(S(=O)(=O)Nc2ccc(Cl)c(C(F)(F)F)c2)cc1. The number of halogens is 4. The first kappa shape index (κ1) is 25.9. The van der Waals surface area contributed by atoms with Crippen molar-refractivity contribution in [3.8, 4) is 0 Å². The lowest BCUT2D eigenvalue weighted by molar-refractivity contribution is -0.137. The fourth-order valence-electron chi connectivity index (χ4n) is 2.96. The number of nitrogens with one attached hydrogen (secondary N) is 2. The van der Waals surface area contributed by atoms with Gasteiger partial charge in [-0.1, -0.05) is 35.9 Å². The van der Waals surface area contributed by atoms with Crippen LogP contribution in [0.5, 0.6) is 0 Å². The molecule has 0 fully saturated rings. The maximum atomic E-state index is 13.0. The summed E-state index contributed by atoms with van der Waals surface area (Å²) in [5, 5.41) is 2.15. The van der Waals surface area contributed by atoms with Gasteiger partial charge in [-0.15, -0.1) is 11.8 Å². The predicted molar refractivity (Wildman–Crippen MR) is 130 cm³/mol. The van der Waals surface area contributed by atoms with E-state index in [-0.39, 0.29) is 22.2 Å². The third kappa shape index (κ3) is 6.91. The molecule has 0 spiro atoms. The van der Waals surface area contributed by atoms with Gasteiger partial charge in [0.15, 0.2) is 0 Å². The van der Waals surface area contributed by atoms with Crippen molar-refractivity contribution in [3.63, 3.8) is 0 Å². The standard InChI is InChI=1S/C23H20ClF3N2O3S2/c1-15-4-2-3-5-16(15)13-33-14-22(30)28-17-6-9-19(10-7-17)34(31,32)29-18-8-11-21(24)20(12-18)23(25,26)27/h2-12,29H,13-14H2,1H3,(H,28,30). The van der Waals surface area contributed by atoms with E-state index in [0.717, 1.165) is 23.3 Å². The van der Waals surface area contributed by atoms with Crippen LogP contribution in [0.25, 0.3) is 0 Å². The minimum Gasteiger partial charge on any atom is -0.325 e. The number of carbonyl (C=O) groups is 1. The van der Waals surface area contributed by atoms with Crippen molar-refractivity contribution in [2.75, 3.05) is 15.8 Å². The first-order chi connectivity index (χ1) is 16.0. The van der Waals surface area contributed by atoms with E-state index in [1.54, 1.807) is 0 Å². The summed E-state index contributed by atoms with van der Waals surface area (Å²) in [7, 11) is -4.16. The van der Waals surface area contributed by atoms with Gasteiger partial charge in [0.1, 0.15) is 0 Å². The molecule has 11 heteroatoms. The van der Waals surface area contributed by atoms with E-state index in [0.29, 0.717) is 17.5 Å². The summed E-state index contributed by atoms with van der Waals surface area (Å²) in [6.07, 6.45) is -4.73. The number of thioether (sulfide) groups is 1. The Morgan fingerprint density at radius 3 is 2.29 bits per heavy atom. The number of carbonyl (C=O) groups excluding carboxylic acids is 1. The molecule has 180 valence electrons. The van der Waals surface area contributed by atoms with E-state index in [2.05, 4.69) is 10.0 Å². The molecule has 3 aromatic carbocycles. The topological polar surface area (TPSA) is 75.3 Å². The normalized spacial score (nSPS) is 11.8. The second kappa shape index (κ2) is 10.7. The molecule has 0 aliphatic heterocycles. The highest BCUT2D eigenvalue weighted by Gasteiger charge is 2.33. The van der Waals surface area contributed by atoms with Gasteiger partial charge in [-0.05, 0) is 60.5 Å². The molecular weight excluding hydrogens is 509 g/mol. The molecule has 3 rings (SSSR count). The maximum Gasteiger partial charge on any atom is 0.417 e. The summed E-state index contributed by atoms with van der Waals surface area (Å²) in [5.41, 5.74) is 1.26. The van der Waals surface area contributed by atoms with Crippen LogP contribution in [0, 0.1) is 6.92 Å². The second-order valence-electron chi connectivity index (χ2n) is 7.29. The second-order valence-corrected chi connectivity index (χ2v) is 10.4. The van der Waals surface area contributed by atoms with Gasteiger partial charge in [-0.3, -0.25) is 9.52 Å². The molecule has 34 heavy (non-hydrogen) atoms. The Balaban J connectivity index is 1.60. The summed E-state index contributed by atoms with van der Waals surface area (Å²) < 4.78 is 66.3. The molecule has 0 bridgehead atoms. The maximum absolute atomic E-state index is 13.0. The Hall–Kier alpha value is -2.69. The summed E-state index contributed by atoms with van der Waals surface area (Å²) >= 11 is 7.02. The molecule has 0 unspecified atom stereocenters. The molecule has 0 aliphatic rings. The molecule has 0 atom stereocenters. The molecule has 2 N–H and O–H groups in total. The first-order valence-electron chi connectivity index (χ1n) is 9.87. The van der Waals surface area contributed by atoms with Gasteiger partial charge in [0.25, 0.3) is 10.0 Å². The van der Waals surface area contributed by atoms with Crippen LogP contribution in [0.15, 0.2) is 71.6 Å². The van der Waals surface area contributed by atoms with Crippen LogP contribution in [-0.2, 0) is 26.7 Å². The molecule has 3 aromatic rings. The number of rotatable bonds is 8. The first-order valence-corrected chi connectivity index (χ1v) is 12.9. The zero-order valence-corrected chi connectivity index (χ0v) is 20.2. The van der Waals surface area contributed by atoms with Gasteiger partial charge >= 0.3 is 6.18 Å². The van der Waals surface area contributed by atoms with E-state index >= 15 is 0 Å². The summed E-state index contributed by atoms with van der Waals surface area (Å²) in [4.78, 5) is 12.0. The Labute approximate surface area is 204 Å². The van der Waals surface area contributed by atoms with Crippen LogP contribution in [0.1, 0.15) is 16.7 Å². The van der Waals surface area contributed by atoms with Crippen LogP contribution < -0.4 is 10.0 Å². The van der Waals surface area contributed by atoms with Gasteiger partial charge in [0.05, 0.1) is 21.2 Å². The van der Waals surface area contributed by atoms with Crippen molar-refractivity contribution >= 4 is 50.7 Å². The number of hydrogen-bond acceptors (Lipinski definition) is 4. The molecule has 5 nitrogen and oxygen atoms in total. The Morgan fingerprint density at radius 1 is 1.00 bits per heavy atom. The van der Waals surface area contributed by atoms with Crippen molar-refractivity contribution in [2.24, 2.45) is 0 Å². The lowest BCUT2D eigenvalue weighted by Gasteiger charge is -2.13. The molecule has 0 saturated heterocycles. The highest BCUT2D eigenvalue weighted by Crippen LogP contribution is 2.36. The van der Waals surface area contributed by atoms with Crippen molar-refractivity contribution in [1.29, 1.82) is 0 Å². The molecule has 0 saturated carbocycles. The predicted octanol–water partition coefficient (Wildman–Crippen LogP) is 6.34.